The molecule has 0 aromatic carbocycles. The highest BCUT2D eigenvalue weighted by atomic mass is 16.2. The summed E-state index contributed by atoms with van der Waals surface area (Å²) in [5.41, 5.74) is 0.138. The van der Waals surface area contributed by atoms with E-state index in [0.717, 1.165) is 32.5 Å². The first-order chi connectivity index (χ1) is 8.44. The normalized spacial score (nSPS) is 17.9. The number of nitrogens with one attached hydrogen (secondary N) is 1. The zero-order chi connectivity index (χ0) is 13.6. The Morgan fingerprint density at radius 1 is 1.56 bits per heavy atom. The molecule has 1 fully saturated rings. The van der Waals surface area contributed by atoms with Crippen molar-refractivity contribution in [3.05, 3.63) is 0 Å². The van der Waals surface area contributed by atoms with Crippen LogP contribution in [-0.4, -0.2) is 36.5 Å². The minimum absolute atomic E-state index is 0.138. The van der Waals surface area contributed by atoms with E-state index in [2.05, 4.69) is 32.2 Å². The molecule has 1 heterocycles. The molecule has 102 valence electrons. The number of hydrogen-bond donors (Lipinski definition) is 1. The first kappa shape index (κ1) is 15.0. The van der Waals surface area contributed by atoms with Crippen molar-refractivity contribution in [2.24, 2.45) is 5.41 Å². The lowest BCUT2D eigenvalue weighted by Crippen LogP contribution is -2.43. The number of rotatable bonds is 7. The lowest BCUT2D eigenvalue weighted by Gasteiger charge is -2.28. The fourth-order valence-corrected chi connectivity index (χ4v) is 2.23. The molecular formula is C14H25N3O. The van der Waals surface area contributed by atoms with Gasteiger partial charge < -0.3 is 10.2 Å². The Hall–Kier alpha value is -1.08. The molecule has 0 radical (unpaired) electrons. The average molecular weight is 251 g/mol. The van der Waals surface area contributed by atoms with Crippen LogP contribution in [0, 0.1) is 16.7 Å². The zero-order valence-corrected chi connectivity index (χ0v) is 11.8. The molecule has 1 rings (SSSR count). The molecule has 0 spiro atoms. The van der Waals surface area contributed by atoms with Crippen molar-refractivity contribution < 1.29 is 4.79 Å². The van der Waals surface area contributed by atoms with E-state index in [1.165, 1.54) is 0 Å². The van der Waals surface area contributed by atoms with Crippen LogP contribution in [-0.2, 0) is 4.79 Å². The molecule has 1 saturated heterocycles. The number of carbonyl (C=O) groups excluding carboxylic acids is 1. The molecule has 18 heavy (non-hydrogen) atoms. The van der Waals surface area contributed by atoms with Gasteiger partial charge in [0.15, 0.2) is 0 Å². The van der Waals surface area contributed by atoms with E-state index in [9.17, 15) is 4.79 Å². The second kappa shape index (κ2) is 6.75. The Balaban J connectivity index is 2.26. The SMILES string of the molecule is CC(CN1CCCC1=O)NCC(C)(C)CCC#N. The monoisotopic (exact) mass is 251 g/mol. The highest BCUT2D eigenvalue weighted by molar-refractivity contribution is 5.78. The maximum atomic E-state index is 11.5. The summed E-state index contributed by atoms with van der Waals surface area (Å²) in [6.45, 7) is 9.05. The standard InChI is InChI=1S/C14H25N3O/c1-12(10-17-9-4-6-13(17)18)16-11-14(2,3)7-5-8-15/h12,16H,4-7,9-11H2,1-3H3. The smallest absolute Gasteiger partial charge is 0.222 e. The van der Waals surface area contributed by atoms with Crippen LogP contribution in [0.25, 0.3) is 0 Å². The highest BCUT2D eigenvalue weighted by Crippen LogP contribution is 2.21. The maximum absolute atomic E-state index is 11.5. The fraction of sp³-hybridized carbons (Fsp3) is 0.857. The molecule has 0 aromatic rings. The first-order valence-electron chi connectivity index (χ1n) is 6.83. The Bertz CT molecular complexity index is 319. The van der Waals surface area contributed by atoms with E-state index in [1.54, 1.807) is 0 Å². The molecule has 1 amide bonds. The molecule has 0 aliphatic carbocycles. The van der Waals surface area contributed by atoms with Crippen LogP contribution in [0.4, 0.5) is 0 Å². The summed E-state index contributed by atoms with van der Waals surface area (Å²) in [6.07, 6.45) is 3.22. The maximum Gasteiger partial charge on any atom is 0.222 e. The van der Waals surface area contributed by atoms with Crippen LogP contribution in [0.2, 0.25) is 0 Å². The van der Waals surface area contributed by atoms with Gasteiger partial charge in [0.1, 0.15) is 0 Å². The molecule has 4 heteroatoms. The van der Waals surface area contributed by atoms with Crippen LogP contribution in [0.3, 0.4) is 0 Å². The van der Waals surface area contributed by atoms with Crippen molar-refractivity contribution in [3.8, 4) is 6.07 Å². The molecule has 0 bridgehead atoms. The predicted octanol–water partition coefficient (Wildman–Crippen LogP) is 1.92. The van der Waals surface area contributed by atoms with Gasteiger partial charge in [-0.3, -0.25) is 4.79 Å². The van der Waals surface area contributed by atoms with Crippen molar-refractivity contribution in [1.82, 2.24) is 10.2 Å². The second-order valence-electron chi connectivity index (χ2n) is 6.05. The van der Waals surface area contributed by atoms with E-state index in [1.807, 2.05) is 4.90 Å². The lowest BCUT2D eigenvalue weighted by atomic mass is 9.88. The van der Waals surface area contributed by atoms with Gasteiger partial charge in [0.2, 0.25) is 5.91 Å². The summed E-state index contributed by atoms with van der Waals surface area (Å²) in [7, 11) is 0. The van der Waals surface area contributed by atoms with Crippen molar-refractivity contribution in [1.29, 1.82) is 5.26 Å². The Labute approximate surface area is 110 Å². The second-order valence-corrected chi connectivity index (χ2v) is 6.05. The summed E-state index contributed by atoms with van der Waals surface area (Å²) in [6, 6.07) is 2.51. The van der Waals surface area contributed by atoms with Gasteiger partial charge in [0.25, 0.3) is 0 Å². The van der Waals surface area contributed by atoms with Gasteiger partial charge in [-0.15, -0.1) is 0 Å². The van der Waals surface area contributed by atoms with Crippen molar-refractivity contribution in [2.75, 3.05) is 19.6 Å². The molecule has 1 aliphatic heterocycles. The van der Waals surface area contributed by atoms with Gasteiger partial charge in [-0.25, -0.2) is 0 Å². The number of carbonyl (C=O) groups is 1. The van der Waals surface area contributed by atoms with E-state index in [0.29, 0.717) is 18.9 Å². The number of hydrogen-bond acceptors (Lipinski definition) is 3. The summed E-state index contributed by atoms with van der Waals surface area (Å²) < 4.78 is 0. The van der Waals surface area contributed by atoms with Crippen molar-refractivity contribution in [2.45, 2.75) is 52.5 Å². The molecule has 1 aliphatic rings. The van der Waals surface area contributed by atoms with Gasteiger partial charge in [0, 0.05) is 38.5 Å². The first-order valence-corrected chi connectivity index (χ1v) is 6.83. The quantitative estimate of drug-likeness (QED) is 0.752. The third-order valence-corrected chi connectivity index (χ3v) is 3.51. The molecule has 1 N–H and O–H groups in total. The Kier molecular flexibility index (Phi) is 5.61. The summed E-state index contributed by atoms with van der Waals surface area (Å²) in [5.74, 6) is 0.285. The number of nitrogens with zero attached hydrogens (tertiary/aromatic N) is 2. The van der Waals surface area contributed by atoms with Crippen LogP contribution < -0.4 is 5.32 Å². The van der Waals surface area contributed by atoms with E-state index in [-0.39, 0.29) is 11.3 Å². The summed E-state index contributed by atoms with van der Waals surface area (Å²) >= 11 is 0. The third-order valence-electron chi connectivity index (χ3n) is 3.51. The van der Waals surface area contributed by atoms with Gasteiger partial charge >= 0.3 is 0 Å². The van der Waals surface area contributed by atoms with Crippen LogP contribution in [0.1, 0.15) is 46.5 Å². The minimum Gasteiger partial charge on any atom is -0.341 e. The van der Waals surface area contributed by atoms with Crippen LogP contribution in [0.15, 0.2) is 0 Å². The lowest BCUT2D eigenvalue weighted by molar-refractivity contribution is -0.127. The molecular weight excluding hydrogens is 226 g/mol. The largest absolute Gasteiger partial charge is 0.341 e. The number of amides is 1. The average Bonchev–Trinajstić information content (AvgIpc) is 2.70. The van der Waals surface area contributed by atoms with Gasteiger partial charge in [-0.1, -0.05) is 13.8 Å². The minimum atomic E-state index is 0.138. The molecule has 4 nitrogen and oxygen atoms in total. The van der Waals surface area contributed by atoms with Gasteiger partial charge in [0.05, 0.1) is 6.07 Å². The van der Waals surface area contributed by atoms with E-state index in [4.69, 9.17) is 5.26 Å². The van der Waals surface area contributed by atoms with Crippen LogP contribution in [0.5, 0.6) is 0 Å². The van der Waals surface area contributed by atoms with E-state index >= 15 is 0 Å². The van der Waals surface area contributed by atoms with E-state index < -0.39 is 0 Å². The summed E-state index contributed by atoms with van der Waals surface area (Å²) in [4.78, 5) is 13.5. The van der Waals surface area contributed by atoms with Gasteiger partial charge in [-0.2, -0.15) is 5.26 Å². The summed E-state index contributed by atoms with van der Waals surface area (Å²) in [5, 5.41) is 12.1. The van der Waals surface area contributed by atoms with Crippen molar-refractivity contribution in [3.63, 3.8) is 0 Å². The molecule has 0 saturated carbocycles. The molecule has 1 atom stereocenters. The number of nitriles is 1. The number of likely N-dealkylation sites (tertiary alicyclic amines) is 1. The molecule has 0 aromatic heterocycles. The van der Waals surface area contributed by atoms with Gasteiger partial charge in [-0.05, 0) is 25.2 Å². The van der Waals surface area contributed by atoms with Crippen LogP contribution >= 0.6 is 0 Å². The Morgan fingerprint density at radius 3 is 2.83 bits per heavy atom. The fourth-order valence-electron chi connectivity index (χ4n) is 2.23. The zero-order valence-electron chi connectivity index (χ0n) is 11.8. The predicted molar refractivity (Wildman–Crippen MR) is 71.9 cm³/mol. The third kappa shape index (κ3) is 5.05. The topological polar surface area (TPSA) is 56.1 Å². The Morgan fingerprint density at radius 2 is 2.28 bits per heavy atom. The van der Waals surface area contributed by atoms with Crippen molar-refractivity contribution >= 4 is 5.91 Å². The highest BCUT2D eigenvalue weighted by Gasteiger charge is 2.23. The molecule has 1 unspecified atom stereocenters.